The monoisotopic (exact) mass is 405 g/mol. The molecule has 0 bridgehead atoms. The lowest BCUT2D eigenvalue weighted by atomic mass is 10.2. The maximum absolute atomic E-state index is 12.9. The molecular formula is C20H19N7OS. The van der Waals surface area contributed by atoms with Gasteiger partial charge in [0, 0.05) is 26.2 Å². The van der Waals surface area contributed by atoms with E-state index in [0.29, 0.717) is 18.8 Å². The highest BCUT2D eigenvalue weighted by Gasteiger charge is 2.25. The second-order valence-electron chi connectivity index (χ2n) is 7.00. The fourth-order valence-corrected chi connectivity index (χ4v) is 4.23. The third-order valence-electron chi connectivity index (χ3n) is 5.12. The maximum Gasteiger partial charge on any atom is 0.276 e. The Balaban J connectivity index is 1.28. The number of carbonyl (C=O) groups excluding carboxylic acids is 1. The number of amides is 1. The first kappa shape index (κ1) is 17.7. The summed E-state index contributed by atoms with van der Waals surface area (Å²) >= 11 is 1.61. The van der Waals surface area contributed by atoms with Gasteiger partial charge >= 0.3 is 0 Å². The van der Waals surface area contributed by atoms with Crippen molar-refractivity contribution in [2.45, 2.75) is 6.92 Å². The maximum atomic E-state index is 12.9. The van der Waals surface area contributed by atoms with Gasteiger partial charge in [0.05, 0.1) is 17.3 Å². The van der Waals surface area contributed by atoms with Crippen LogP contribution in [0.4, 0.5) is 5.82 Å². The summed E-state index contributed by atoms with van der Waals surface area (Å²) in [7, 11) is 0. The molecule has 1 aliphatic rings. The molecule has 1 aromatic carbocycles. The quantitative estimate of drug-likeness (QED) is 0.521. The Hall–Kier alpha value is -3.33. The molecule has 9 heteroatoms. The minimum atomic E-state index is -0.0913. The highest BCUT2D eigenvalue weighted by molar-refractivity contribution is 7.16. The van der Waals surface area contributed by atoms with Crippen molar-refractivity contribution in [2.24, 2.45) is 0 Å². The molecular weight excluding hydrogens is 386 g/mol. The number of aromatic nitrogens is 5. The van der Waals surface area contributed by atoms with Crippen LogP contribution in [0.3, 0.4) is 0 Å². The summed E-state index contributed by atoms with van der Waals surface area (Å²) in [4.78, 5) is 26.7. The minimum absolute atomic E-state index is 0.0913. The molecule has 8 nitrogen and oxygen atoms in total. The molecule has 0 N–H and O–H groups in total. The zero-order chi connectivity index (χ0) is 19.8. The molecule has 1 saturated heterocycles. The summed E-state index contributed by atoms with van der Waals surface area (Å²) in [5.41, 5.74) is 2.42. The first-order chi connectivity index (χ1) is 14.2. The Labute approximate surface area is 171 Å². The first-order valence-corrected chi connectivity index (χ1v) is 10.3. The second-order valence-corrected chi connectivity index (χ2v) is 7.89. The molecule has 0 saturated carbocycles. The van der Waals surface area contributed by atoms with Crippen LogP contribution in [0.1, 0.15) is 16.1 Å². The van der Waals surface area contributed by atoms with Crippen LogP contribution in [0.2, 0.25) is 0 Å². The van der Waals surface area contributed by atoms with Gasteiger partial charge in [-0.3, -0.25) is 4.79 Å². The van der Waals surface area contributed by atoms with E-state index in [1.165, 1.54) is 5.56 Å². The zero-order valence-corrected chi connectivity index (χ0v) is 16.7. The van der Waals surface area contributed by atoms with Crippen LogP contribution in [0.25, 0.3) is 15.9 Å². The standard InChI is InChI=1S/C20H19N7OS/c1-14-2-4-15(5-3-14)27-12-17(23-24-27)20(28)26-9-7-25(8-10-26)18-16-6-11-29-19(16)22-13-21-18/h2-6,11-13H,7-10H2,1H3. The van der Waals surface area contributed by atoms with Gasteiger partial charge < -0.3 is 9.80 Å². The van der Waals surface area contributed by atoms with Crippen LogP contribution in [0.5, 0.6) is 0 Å². The second kappa shape index (κ2) is 7.25. The lowest BCUT2D eigenvalue weighted by Crippen LogP contribution is -2.49. The van der Waals surface area contributed by atoms with E-state index >= 15 is 0 Å². The molecule has 4 heterocycles. The molecule has 0 unspecified atom stereocenters. The van der Waals surface area contributed by atoms with E-state index in [-0.39, 0.29) is 5.91 Å². The van der Waals surface area contributed by atoms with Crippen molar-refractivity contribution in [2.75, 3.05) is 31.1 Å². The number of carbonyl (C=O) groups is 1. The van der Waals surface area contributed by atoms with Gasteiger partial charge in [0.2, 0.25) is 0 Å². The topological polar surface area (TPSA) is 80.0 Å². The number of piperazine rings is 1. The number of anilines is 1. The fourth-order valence-electron chi connectivity index (χ4n) is 3.50. The summed E-state index contributed by atoms with van der Waals surface area (Å²) in [6.07, 6.45) is 3.30. The van der Waals surface area contributed by atoms with Gasteiger partial charge in [-0.1, -0.05) is 22.9 Å². The lowest BCUT2D eigenvalue weighted by Gasteiger charge is -2.35. The Kier molecular flexibility index (Phi) is 4.44. The summed E-state index contributed by atoms with van der Waals surface area (Å²) in [6.45, 7) is 4.71. The highest BCUT2D eigenvalue weighted by Crippen LogP contribution is 2.27. The van der Waals surface area contributed by atoms with Crippen LogP contribution < -0.4 is 4.90 Å². The molecule has 0 spiro atoms. The van der Waals surface area contributed by atoms with Gasteiger partial charge in [-0.15, -0.1) is 16.4 Å². The number of hydrogen-bond donors (Lipinski definition) is 0. The SMILES string of the molecule is Cc1ccc(-n2cc(C(=O)N3CCN(c4ncnc5sccc45)CC3)nn2)cc1. The molecule has 4 aromatic rings. The average molecular weight is 405 g/mol. The summed E-state index contributed by atoms with van der Waals surface area (Å²) < 4.78 is 1.64. The number of thiophene rings is 1. The predicted octanol–water partition coefficient (Wildman–Crippen LogP) is 2.54. The van der Waals surface area contributed by atoms with Crippen LogP contribution in [0, 0.1) is 6.92 Å². The Bertz CT molecular complexity index is 1160. The van der Waals surface area contributed by atoms with E-state index in [1.807, 2.05) is 41.5 Å². The average Bonchev–Trinajstić information content (AvgIpc) is 3.43. The van der Waals surface area contributed by atoms with Gasteiger partial charge in [0.1, 0.15) is 17.0 Å². The molecule has 3 aromatic heterocycles. The molecule has 0 radical (unpaired) electrons. The normalized spacial score (nSPS) is 14.5. The van der Waals surface area contributed by atoms with Gasteiger partial charge in [0.25, 0.3) is 5.91 Å². The van der Waals surface area contributed by atoms with Crippen molar-refractivity contribution in [3.8, 4) is 5.69 Å². The van der Waals surface area contributed by atoms with Crippen molar-refractivity contribution in [3.63, 3.8) is 0 Å². The Morgan fingerprint density at radius 2 is 1.83 bits per heavy atom. The fraction of sp³-hybridized carbons (Fsp3) is 0.250. The molecule has 1 amide bonds. The lowest BCUT2D eigenvalue weighted by molar-refractivity contribution is 0.0740. The van der Waals surface area contributed by atoms with E-state index in [9.17, 15) is 4.79 Å². The molecule has 0 atom stereocenters. The smallest absolute Gasteiger partial charge is 0.276 e. The van der Waals surface area contributed by atoms with Crippen molar-refractivity contribution in [1.29, 1.82) is 0 Å². The highest BCUT2D eigenvalue weighted by atomic mass is 32.1. The van der Waals surface area contributed by atoms with Crippen molar-refractivity contribution < 1.29 is 4.79 Å². The number of aryl methyl sites for hydroxylation is 1. The number of fused-ring (bicyclic) bond motifs is 1. The molecule has 29 heavy (non-hydrogen) atoms. The predicted molar refractivity (Wildman–Crippen MR) is 112 cm³/mol. The number of hydrogen-bond acceptors (Lipinski definition) is 7. The third-order valence-corrected chi connectivity index (χ3v) is 5.94. The number of benzene rings is 1. The van der Waals surface area contributed by atoms with E-state index in [1.54, 1.807) is 28.5 Å². The van der Waals surface area contributed by atoms with E-state index in [0.717, 1.165) is 34.8 Å². The van der Waals surface area contributed by atoms with E-state index in [2.05, 4.69) is 31.2 Å². The number of nitrogens with zero attached hydrogens (tertiary/aromatic N) is 7. The van der Waals surface area contributed by atoms with Gasteiger partial charge in [-0.05, 0) is 30.5 Å². The Morgan fingerprint density at radius 3 is 2.62 bits per heavy atom. The summed E-state index contributed by atoms with van der Waals surface area (Å²) in [5.74, 6) is 0.847. The van der Waals surface area contributed by atoms with Gasteiger partial charge in [-0.25, -0.2) is 14.6 Å². The molecule has 146 valence electrons. The van der Waals surface area contributed by atoms with Crippen LogP contribution in [-0.2, 0) is 0 Å². The van der Waals surface area contributed by atoms with Crippen molar-refractivity contribution in [3.05, 3.63) is 59.5 Å². The molecule has 1 fully saturated rings. The van der Waals surface area contributed by atoms with Gasteiger partial charge in [-0.2, -0.15) is 0 Å². The minimum Gasteiger partial charge on any atom is -0.352 e. The van der Waals surface area contributed by atoms with Crippen molar-refractivity contribution >= 4 is 33.3 Å². The first-order valence-electron chi connectivity index (χ1n) is 9.41. The van der Waals surface area contributed by atoms with E-state index in [4.69, 9.17) is 0 Å². The summed E-state index contributed by atoms with van der Waals surface area (Å²) in [6, 6.07) is 9.99. The Morgan fingerprint density at radius 1 is 1.03 bits per heavy atom. The summed E-state index contributed by atoms with van der Waals surface area (Å²) in [5, 5.41) is 11.3. The van der Waals surface area contributed by atoms with E-state index < -0.39 is 0 Å². The largest absolute Gasteiger partial charge is 0.352 e. The zero-order valence-electron chi connectivity index (χ0n) is 15.9. The van der Waals surface area contributed by atoms with Crippen molar-refractivity contribution in [1.82, 2.24) is 29.9 Å². The van der Waals surface area contributed by atoms with Crippen LogP contribution in [-0.4, -0.2) is 61.9 Å². The third kappa shape index (κ3) is 3.33. The van der Waals surface area contributed by atoms with Gasteiger partial charge in [0.15, 0.2) is 5.69 Å². The molecule has 0 aliphatic carbocycles. The number of rotatable bonds is 3. The van der Waals surface area contributed by atoms with Crippen LogP contribution in [0.15, 0.2) is 48.2 Å². The molecule has 5 rings (SSSR count). The molecule has 1 aliphatic heterocycles. The van der Waals surface area contributed by atoms with Crippen LogP contribution >= 0.6 is 11.3 Å².